The van der Waals surface area contributed by atoms with Crippen LogP contribution in [0.4, 0.5) is 0 Å². The number of aliphatic hydroxyl groups is 1. The minimum absolute atomic E-state index is 0.102. The summed E-state index contributed by atoms with van der Waals surface area (Å²) in [6, 6.07) is 0. The molecule has 0 aromatic rings. The molecule has 1 rings (SSSR count). The topological polar surface area (TPSA) is 54.4 Å². The Morgan fingerprint density at radius 2 is 2.14 bits per heavy atom. The van der Waals surface area contributed by atoms with Crippen molar-refractivity contribution in [2.75, 3.05) is 12.4 Å². The Bertz CT molecular complexity index is 259. The summed E-state index contributed by atoms with van der Waals surface area (Å²) >= 11 is 0. The van der Waals surface area contributed by atoms with E-state index in [0.717, 1.165) is 25.7 Å². The zero-order valence-corrected chi connectivity index (χ0v) is 9.59. The number of hydrogen-bond donors (Lipinski definition) is 1. The number of rotatable bonds is 4. The Labute approximate surface area is 86.4 Å². The number of aliphatic hydroxyl groups excluding tert-OH is 1. The maximum atomic E-state index is 11.8. The van der Waals surface area contributed by atoms with E-state index in [1.807, 2.05) is 6.92 Å². The molecule has 1 heterocycles. The van der Waals surface area contributed by atoms with Gasteiger partial charge in [-0.05, 0) is 25.2 Å². The van der Waals surface area contributed by atoms with Gasteiger partial charge in [0.1, 0.15) is 0 Å². The maximum absolute atomic E-state index is 11.8. The van der Waals surface area contributed by atoms with Gasteiger partial charge in [0.05, 0.1) is 11.0 Å². The normalized spacial score (nSPS) is 28.6. The van der Waals surface area contributed by atoms with Crippen molar-refractivity contribution in [3.05, 3.63) is 0 Å². The Kier molecular flexibility index (Phi) is 4.38. The van der Waals surface area contributed by atoms with Gasteiger partial charge >= 0.3 is 0 Å². The highest BCUT2D eigenvalue weighted by Gasteiger charge is 2.33. The molecule has 2 unspecified atom stereocenters. The van der Waals surface area contributed by atoms with Crippen LogP contribution >= 0.6 is 0 Å². The van der Waals surface area contributed by atoms with Gasteiger partial charge in [0.25, 0.3) is 0 Å². The van der Waals surface area contributed by atoms with Crippen LogP contribution in [0.3, 0.4) is 0 Å². The summed E-state index contributed by atoms with van der Waals surface area (Å²) in [7, 11) is -2.87. The Balaban J connectivity index is 2.71. The zero-order valence-electron chi connectivity index (χ0n) is 8.78. The molecule has 0 aromatic carbocycles. The first-order chi connectivity index (χ1) is 6.61. The second-order valence-electron chi connectivity index (χ2n) is 4.08. The molecule has 0 bridgehead atoms. The fraction of sp³-hybridized carbons (Fsp3) is 1.00. The first-order valence-electron chi connectivity index (χ1n) is 5.44. The molecular weight excluding hydrogens is 200 g/mol. The van der Waals surface area contributed by atoms with Crippen molar-refractivity contribution in [2.24, 2.45) is 5.92 Å². The standard InChI is InChI=1S/C10H20O3S/c1-2-9(6-7-11)10-5-3-4-8-14(10,12)13/h9-11H,2-8H2,1H3. The number of sulfone groups is 1. The van der Waals surface area contributed by atoms with E-state index in [2.05, 4.69) is 0 Å². The molecule has 14 heavy (non-hydrogen) atoms. The fourth-order valence-electron chi connectivity index (χ4n) is 2.33. The molecule has 1 aliphatic heterocycles. The van der Waals surface area contributed by atoms with Crippen molar-refractivity contribution in [1.29, 1.82) is 0 Å². The molecule has 0 radical (unpaired) electrons. The third-order valence-electron chi connectivity index (χ3n) is 3.18. The van der Waals surface area contributed by atoms with E-state index < -0.39 is 9.84 Å². The molecular formula is C10H20O3S. The molecule has 1 saturated heterocycles. The van der Waals surface area contributed by atoms with Gasteiger partial charge in [-0.25, -0.2) is 8.42 Å². The monoisotopic (exact) mass is 220 g/mol. The quantitative estimate of drug-likeness (QED) is 0.778. The van der Waals surface area contributed by atoms with E-state index in [-0.39, 0.29) is 17.8 Å². The van der Waals surface area contributed by atoms with Crippen LogP contribution in [0.2, 0.25) is 0 Å². The van der Waals surface area contributed by atoms with Gasteiger partial charge < -0.3 is 5.11 Å². The summed E-state index contributed by atoms with van der Waals surface area (Å²) in [4.78, 5) is 0. The van der Waals surface area contributed by atoms with Crippen LogP contribution < -0.4 is 0 Å². The highest BCUT2D eigenvalue weighted by Crippen LogP contribution is 2.29. The van der Waals surface area contributed by atoms with Gasteiger partial charge in [0, 0.05) is 6.61 Å². The second-order valence-corrected chi connectivity index (χ2v) is 6.42. The lowest BCUT2D eigenvalue weighted by molar-refractivity contribution is 0.246. The van der Waals surface area contributed by atoms with Gasteiger partial charge in [-0.2, -0.15) is 0 Å². The van der Waals surface area contributed by atoms with Gasteiger partial charge in [0.15, 0.2) is 9.84 Å². The summed E-state index contributed by atoms with van der Waals surface area (Å²) in [5.41, 5.74) is 0. The third kappa shape index (κ3) is 2.70. The summed E-state index contributed by atoms with van der Waals surface area (Å²) in [5, 5.41) is 8.69. The summed E-state index contributed by atoms with van der Waals surface area (Å²) < 4.78 is 23.6. The van der Waals surface area contributed by atoms with Crippen LogP contribution in [-0.4, -0.2) is 31.1 Å². The Morgan fingerprint density at radius 3 is 2.64 bits per heavy atom. The zero-order chi connectivity index (χ0) is 10.6. The molecule has 4 heteroatoms. The highest BCUT2D eigenvalue weighted by atomic mass is 32.2. The number of hydrogen-bond acceptors (Lipinski definition) is 3. The highest BCUT2D eigenvalue weighted by molar-refractivity contribution is 7.92. The largest absolute Gasteiger partial charge is 0.396 e. The predicted octanol–water partition coefficient (Wildman–Crippen LogP) is 1.36. The van der Waals surface area contributed by atoms with Crippen molar-refractivity contribution in [1.82, 2.24) is 0 Å². The lowest BCUT2D eigenvalue weighted by atomic mass is 9.95. The molecule has 1 fully saturated rings. The molecule has 0 spiro atoms. The second kappa shape index (κ2) is 5.12. The molecule has 2 atom stereocenters. The maximum Gasteiger partial charge on any atom is 0.153 e. The van der Waals surface area contributed by atoms with Crippen LogP contribution in [0.25, 0.3) is 0 Å². The lowest BCUT2D eigenvalue weighted by Crippen LogP contribution is -2.35. The summed E-state index contributed by atoms with van der Waals surface area (Å²) in [5.74, 6) is 0.505. The van der Waals surface area contributed by atoms with Crippen molar-refractivity contribution in [3.8, 4) is 0 Å². The lowest BCUT2D eigenvalue weighted by Gasteiger charge is -2.28. The summed E-state index contributed by atoms with van der Waals surface area (Å²) in [6.45, 7) is 2.11. The van der Waals surface area contributed by atoms with Crippen LogP contribution in [0.1, 0.15) is 39.0 Å². The Morgan fingerprint density at radius 1 is 1.43 bits per heavy atom. The first kappa shape index (κ1) is 12.0. The van der Waals surface area contributed by atoms with Gasteiger partial charge in [-0.15, -0.1) is 0 Å². The van der Waals surface area contributed by atoms with E-state index in [9.17, 15) is 8.42 Å². The van der Waals surface area contributed by atoms with Crippen molar-refractivity contribution >= 4 is 9.84 Å². The van der Waals surface area contributed by atoms with Gasteiger partial charge in [0.2, 0.25) is 0 Å². The minimum atomic E-state index is -2.87. The average molecular weight is 220 g/mol. The SMILES string of the molecule is CCC(CCO)C1CCCCS1(=O)=O. The molecule has 84 valence electrons. The first-order valence-corrected chi connectivity index (χ1v) is 7.15. The van der Waals surface area contributed by atoms with Crippen molar-refractivity contribution in [2.45, 2.75) is 44.3 Å². The fourth-order valence-corrected chi connectivity index (χ4v) is 4.68. The summed E-state index contributed by atoms with van der Waals surface area (Å²) in [6.07, 6.45) is 4.10. The molecule has 0 aromatic heterocycles. The van der Waals surface area contributed by atoms with Crippen LogP contribution in [0, 0.1) is 5.92 Å². The molecule has 3 nitrogen and oxygen atoms in total. The molecule has 0 saturated carbocycles. The average Bonchev–Trinajstić information content (AvgIpc) is 2.14. The van der Waals surface area contributed by atoms with Crippen LogP contribution in [-0.2, 0) is 9.84 Å². The smallest absolute Gasteiger partial charge is 0.153 e. The molecule has 0 aliphatic carbocycles. The third-order valence-corrected chi connectivity index (χ3v) is 5.58. The molecule has 0 amide bonds. The van der Waals surface area contributed by atoms with Crippen molar-refractivity contribution in [3.63, 3.8) is 0 Å². The van der Waals surface area contributed by atoms with Crippen LogP contribution in [0.15, 0.2) is 0 Å². The molecule has 1 aliphatic rings. The minimum Gasteiger partial charge on any atom is -0.396 e. The predicted molar refractivity (Wildman–Crippen MR) is 56.9 cm³/mol. The van der Waals surface area contributed by atoms with E-state index >= 15 is 0 Å². The van der Waals surface area contributed by atoms with Crippen molar-refractivity contribution < 1.29 is 13.5 Å². The Hall–Kier alpha value is -0.0900. The van der Waals surface area contributed by atoms with E-state index in [1.165, 1.54) is 0 Å². The van der Waals surface area contributed by atoms with E-state index in [1.54, 1.807) is 0 Å². The van der Waals surface area contributed by atoms with Crippen LogP contribution in [0.5, 0.6) is 0 Å². The molecule has 1 N–H and O–H groups in total. The van der Waals surface area contributed by atoms with E-state index in [4.69, 9.17) is 5.11 Å². The van der Waals surface area contributed by atoms with E-state index in [0.29, 0.717) is 12.2 Å². The van der Waals surface area contributed by atoms with Gasteiger partial charge in [-0.1, -0.05) is 19.8 Å². The van der Waals surface area contributed by atoms with Gasteiger partial charge in [-0.3, -0.25) is 0 Å².